The lowest BCUT2D eigenvalue weighted by atomic mass is 9.98. The smallest absolute Gasteiger partial charge is 0.352 e. The first-order valence-corrected chi connectivity index (χ1v) is 13.8. The Morgan fingerprint density at radius 2 is 1.86 bits per heavy atom. The SMILES string of the molecule is CC(C)C1c2ncc(C(=O)NCCC3CN(S(C)(=O)=O)C3)cc2CN1Cc1ccc(C(F)(F)F)cc1. The molecular weight excluding hydrogens is 493 g/mol. The molecule has 196 valence electrons. The van der Waals surface area contributed by atoms with E-state index in [1.54, 1.807) is 6.20 Å². The van der Waals surface area contributed by atoms with E-state index in [2.05, 4.69) is 29.0 Å². The van der Waals surface area contributed by atoms with Crippen LogP contribution in [0.5, 0.6) is 0 Å². The van der Waals surface area contributed by atoms with Crippen LogP contribution in [0.3, 0.4) is 0 Å². The number of hydrogen-bond donors (Lipinski definition) is 1. The summed E-state index contributed by atoms with van der Waals surface area (Å²) in [5.74, 6) is 0.234. The predicted octanol–water partition coefficient (Wildman–Crippen LogP) is 3.82. The number of hydrogen-bond acceptors (Lipinski definition) is 5. The van der Waals surface area contributed by atoms with Gasteiger partial charge in [-0.1, -0.05) is 26.0 Å². The van der Waals surface area contributed by atoms with Gasteiger partial charge in [-0.15, -0.1) is 0 Å². The van der Waals surface area contributed by atoms with Crippen molar-refractivity contribution >= 4 is 15.9 Å². The molecule has 1 N–H and O–H groups in total. The minimum Gasteiger partial charge on any atom is -0.352 e. The van der Waals surface area contributed by atoms with Crippen LogP contribution in [0.15, 0.2) is 36.5 Å². The van der Waals surface area contributed by atoms with Gasteiger partial charge >= 0.3 is 6.18 Å². The summed E-state index contributed by atoms with van der Waals surface area (Å²) in [6.45, 7) is 6.61. The first-order chi connectivity index (χ1) is 16.8. The van der Waals surface area contributed by atoms with E-state index >= 15 is 0 Å². The van der Waals surface area contributed by atoms with Crippen molar-refractivity contribution in [1.82, 2.24) is 19.5 Å². The van der Waals surface area contributed by atoms with Gasteiger partial charge in [-0.2, -0.15) is 13.2 Å². The highest BCUT2D eigenvalue weighted by Gasteiger charge is 2.35. The molecule has 11 heteroatoms. The van der Waals surface area contributed by atoms with Crippen LogP contribution in [0.25, 0.3) is 0 Å². The van der Waals surface area contributed by atoms with Gasteiger partial charge < -0.3 is 5.32 Å². The highest BCUT2D eigenvalue weighted by atomic mass is 32.2. The molecule has 0 saturated carbocycles. The van der Waals surface area contributed by atoms with Crippen molar-refractivity contribution in [3.05, 3.63) is 64.5 Å². The molecule has 1 fully saturated rings. The number of halogens is 3. The van der Waals surface area contributed by atoms with E-state index in [0.29, 0.717) is 44.7 Å². The van der Waals surface area contributed by atoms with Crippen LogP contribution in [-0.4, -0.2) is 54.4 Å². The van der Waals surface area contributed by atoms with E-state index in [0.717, 1.165) is 29.0 Å². The van der Waals surface area contributed by atoms with E-state index in [-0.39, 0.29) is 23.8 Å². The van der Waals surface area contributed by atoms with E-state index < -0.39 is 21.8 Å². The van der Waals surface area contributed by atoms with Crippen LogP contribution in [-0.2, 0) is 29.3 Å². The zero-order valence-corrected chi connectivity index (χ0v) is 21.4. The molecule has 7 nitrogen and oxygen atoms in total. The normalized spacial score (nSPS) is 19.4. The summed E-state index contributed by atoms with van der Waals surface area (Å²) in [6.07, 6.45) is -0.898. The highest BCUT2D eigenvalue weighted by Crippen LogP contribution is 2.39. The molecule has 2 aliphatic heterocycles. The Hall–Kier alpha value is -2.50. The van der Waals surface area contributed by atoms with Crippen molar-refractivity contribution in [2.75, 3.05) is 25.9 Å². The molecule has 0 aliphatic carbocycles. The number of aromatic nitrogens is 1. The molecule has 4 rings (SSSR count). The number of amides is 1. The summed E-state index contributed by atoms with van der Waals surface area (Å²) in [6, 6.07) is 7.06. The predicted molar refractivity (Wildman–Crippen MR) is 129 cm³/mol. The number of nitrogens with zero attached hydrogens (tertiary/aromatic N) is 3. The number of rotatable bonds is 8. The quantitative estimate of drug-likeness (QED) is 0.568. The molecule has 1 amide bonds. The fourth-order valence-corrected chi connectivity index (χ4v) is 5.88. The van der Waals surface area contributed by atoms with Crippen molar-refractivity contribution in [1.29, 1.82) is 0 Å². The number of pyridine rings is 1. The summed E-state index contributed by atoms with van der Waals surface area (Å²) in [4.78, 5) is 19.5. The maximum absolute atomic E-state index is 12.9. The average Bonchev–Trinajstić information content (AvgIpc) is 3.11. The topological polar surface area (TPSA) is 82.6 Å². The first-order valence-electron chi connectivity index (χ1n) is 11.9. The average molecular weight is 525 g/mol. The zero-order chi connectivity index (χ0) is 26.3. The molecule has 0 spiro atoms. The van der Waals surface area contributed by atoms with Crippen LogP contribution >= 0.6 is 0 Å². The number of fused-ring (bicyclic) bond motifs is 1. The van der Waals surface area contributed by atoms with Gasteiger partial charge in [0.15, 0.2) is 0 Å². The van der Waals surface area contributed by atoms with E-state index in [1.807, 2.05) is 6.07 Å². The number of nitrogens with one attached hydrogen (secondary N) is 1. The number of sulfonamides is 1. The van der Waals surface area contributed by atoms with Crippen LogP contribution < -0.4 is 5.32 Å². The van der Waals surface area contributed by atoms with Crippen LogP contribution in [0.4, 0.5) is 13.2 Å². The molecule has 3 heterocycles. The fraction of sp³-hybridized carbons (Fsp3) is 0.520. The molecule has 2 aliphatic rings. The summed E-state index contributed by atoms with van der Waals surface area (Å²) >= 11 is 0. The summed E-state index contributed by atoms with van der Waals surface area (Å²) in [5.41, 5.74) is 2.41. The van der Waals surface area contributed by atoms with Gasteiger partial charge in [0.25, 0.3) is 5.91 Å². The standard InChI is InChI=1S/C25H31F3N4O3S/c1-16(2)23-22-20(15-31(23)12-17-4-6-21(7-5-17)25(26,27)28)10-19(11-30-22)24(33)29-9-8-18-13-32(14-18)36(3,34)35/h4-7,10-11,16,18,23H,8-9,12-15H2,1-3H3,(H,29,33). The zero-order valence-electron chi connectivity index (χ0n) is 20.5. The summed E-state index contributed by atoms with van der Waals surface area (Å²) in [5, 5.41) is 2.89. The van der Waals surface area contributed by atoms with Crippen molar-refractivity contribution < 1.29 is 26.4 Å². The Kier molecular flexibility index (Phi) is 7.45. The Morgan fingerprint density at radius 1 is 1.19 bits per heavy atom. The monoisotopic (exact) mass is 524 g/mol. The van der Waals surface area contributed by atoms with Gasteiger partial charge in [0, 0.05) is 38.9 Å². The molecule has 1 aromatic heterocycles. The van der Waals surface area contributed by atoms with Gasteiger partial charge in [0.1, 0.15) is 0 Å². The largest absolute Gasteiger partial charge is 0.416 e. The Morgan fingerprint density at radius 3 is 2.44 bits per heavy atom. The van der Waals surface area contributed by atoms with Crippen molar-refractivity contribution in [3.63, 3.8) is 0 Å². The van der Waals surface area contributed by atoms with E-state index in [1.165, 1.54) is 22.7 Å². The van der Waals surface area contributed by atoms with Crippen molar-refractivity contribution in [3.8, 4) is 0 Å². The van der Waals surface area contributed by atoms with Gasteiger partial charge in [0.05, 0.1) is 29.1 Å². The number of carbonyl (C=O) groups is 1. The second kappa shape index (κ2) is 10.1. The molecule has 1 unspecified atom stereocenters. The minimum atomic E-state index is -4.36. The lowest BCUT2D eigenvalue weighted by Gasteiger charge is -2.37. The van der Waals surface area contributed by atoms with Gasteiger partial charge in [0.2, 0.25) is 10.0 Å². The minimum absolute atomic E-state index is 0.00388. The second-order valence-corrected chi connectivity index (χ2v) is 12.0. The first kappa shape index (κ1) is 26.6. The number of carbonyl (C=O) groups excluding carboxylic acids is 1. The third-order valence-electron chi connectivity index (χ3n) is 6.84. The van der Waals surface area contributed by atoms with Crippen molar-refractivity contribution in [2.45, 2.75) is 45.6 Å². The summed E-state index contributed by atoms with van der Waals surface area (Å²) < 4.78 is 63.0. The van der Waals surface area contributed by atoms with Crippen LogP contribution in [0, 0.1) is 11.8 Å². The fourth-order valence-electron chi connectivity index (χ4n) is 4.92. The van der Waals surface area contributed by atoms with Gasteiger partial charge in [-0.05, 0) is 47.6 Å². The number of alkyl halides is 3. The maximum atomic E-state index is 12.9. The molecule has 1 saturated heterocycles. The highest BCUT2D eigenvalue weighted by molar-refractivity contribution is 7.88. The number of benzene rings is 1. The van der Waals surface area contributed by atoms with E-state index in [4.69, 9.17) is 0 Å². The van der Waals surface area contributed by atoms with Crippen molar-refractivity contribution in [2.24, 2.45) is 11.8 Å². The Balaban J connectivity index is 1.37. The van der Waals surface area contributed by atoms with E-state index in [9.17, 15) is 26.4 Å². The molecule has 2 aromatic rings. The molecule has 36 heavy (non-hydrogen) atoms. The lowest BCUT2D eigenvalue weighted by molar-refractivity contribution is -0.137. The maximum Gasteiger partial charge on any atom is 0.416 e. The lowest BCUT2D eigenvalue weighted by Crippen LogP contribution is -2.50. The molecule has 1 atom stereocenters. The molecular formula is C25H31F3N4O3S. The molecule has 0 bridgehead atoms. The second-order valence-electron chi connectivity index (χ2n) is 10.0. The Bertz CT molecular complexity index is 1210. The molecule has 0 radical (unpaired) electrons. The van der Waals surface area contributed by atoms with Gasteiger partial charge in [-0.25, -0.2) is 12.7 Å². The summed E-state index contributed by atoms with van der Waals surface area (Å²) in [7, 11) is -3.14. The van der Waals surface area contributed by atoms with Crippen LogP contribution in [0.1, 0.15) is 59.1 Å². The third kappa shape index (κ3) is 5.90. The molecule has 1 aromatic carbocycles. The van der Waals surface area contributed by atoms with Gasteiger partial charge in [-0.3, -0.25) is 14.7 Å². The third-order valence-corrected chi connectivity index (χ3v) is 8.08. The Labute approximate surface area is 209 Å². The van der Waals surface area contributed by atoms with Crippen LogP contribution in [0.2, 0.25) is 0 Å².